The minimum atomic E-state index is -0.854. The number of carbonyl (C=O) groups is 2. The van der Waals surface area contributed by atoms with Gasteiger partial charge in [-0.25, -0.2) is 0 Å². The molecule has 0 radical (unpaired) electrons. The summed E-state index contributed by atoms with van der Waals surface area (Å²) in [6, 6.07) is -0.638. The molecule has 0 aromatic carbocycles. The maximum Gasteiger partial charge on any atom is 0.305 e. The molecule has 6 heteroatoms. The lowest BCUT2D eigenvalue weighted by atomic mass is 10.0. The van der Waals surface area contributed by atoms with Gasteiger partial charge in [-0.3, -0.25) is 9.59 Å². The predicted octanol–water partition coefficient (Wildman–Crippen LogP) is 21.7. The molecule has 0 aliphatic rings. The topological polar surface area (TPSA) is 95.9 Å². The lowest BCUT2D eigenvalue weighted by Gasteiger charge is -2.20. The molecule has 6 nitrogen and oxygen atoms in total. The molecule has 2 atom stereocenters. The van der Waals surface area contributed by atoms with Gasteiger partial charge in [-0.1, -0.05) is 306 Å². The molecule has 0 saturated heterocycles. The first-order chi connectivity index (χ1) is 37.5. The van der Waals surface area contributed by atoms with Crippen molar-refractivity contribution in [3.63, 3.8) is 0 Å². The molecular weight excluding hydrogens is 935 g/mol. The molecule has 3 N–H and O–H groups in total. The number of hydrogen-bond donors (Lipinski definition) is 3. The van der Waals surface area contributed by atoms with Gasteiger partial charge in [-0.15, -0.1) is 0 Å². The van der Waals surface area contributed by atoms with Crippen LogP contribution >= 0.6 is 0 Å². The Kier molecular flexibility index (Phi) is 63.5. The van der Waals surface area contributed by atoms with Crippen molar-refractivity contribution >= 4 is 11.9 Å². The van der Waals surface area contributed by atoms with Gasteiger partial charge < -0.3 is 20.3 Å². The molecule has 1 amide bonds. The average Bonchev–Trinajstić information content (AvgIpc) is 3.42. The first-order valence-corrected chi connectivity index (χ1v) is 33.9. The summed E-state index contributed by atoms with van der Waals surface area (Å²) in [6.07, 6.45) is 84.5. The van der Waals surface area contributed by atoms with Gasteiger partial charge in [-0.2, -0.15) is 0 Å². The average molecular weight is 1070 g/mol. The fourth-order valence-electron chi connectivity index (χ4n) is 10.4. The van der Waals surface area contributed by atoms with Crippen LogP contribution in [0.5, 0.6) is 0 Å². The van der Waals surface area contributed by atoms with Crippen LogP contribution in [0.3, 0.4) is 0 Å². The summed E-state index contributed by atoms with van der Waals surface area (Å²) in [5, 5.41) is 23.2. The second-order valence-corrected chi connectivity index (χ2v) is 23.2. The second-order valence-electron chi connectivity index (χ2n) is 23.2. The zero-order chi connectivity index (χ0) is 55.0. The molecule has 446 valence electrons. The normalized spacial score (nSPS) is 12.8. The molecule has 0 bridgehead atoms. The molecule has 0 aromatic heterocycles. The zero-order valence-electron chi connectivity index (χ0n) is 51.0. The van der Waals surface area contributed by atoms with E-state index in [4.69, 9.17) is 4.74 Å². The van der Waals surface area contributed by atoms with E-state index in [0.29, 0.717) is 19.4 Å². The smallest absolute Gasteiger partial charge is 0.305 e. The quantitative estimate of drug-likeness (QED) is 0.0244. The van der Waals surface area contributed by atoms with Gasteiger partial charge in [0.25, 0.3) is 0 Å². The first-order valence-electron chi connectivity index (χ1n) is 33.9. The molecule has 0 saturated carbocycles. The van der Waals surface area contributed by atoms with Gasteiger partial charge in [0.05, 0.1) is 25.4 Å². The summed E-state index contributed by atoms with van der Waals surface area (Å²) in [5.74, 6) is -0.0920. The van der Waals surface area contributed by atoms with Gasteiger partial charge in [0.2, 0.25) is 5.91 Å². The van der Waals surface area contributed by atoms with Crippen molar-refractivity contribution in [3.05, 3.63) is 48.6 Å². The Morgan fingerprint density at radius 3 is 1.01 bits per heavy atom. The van der Waals surface area contributed by atoms with E-state index in [1.54, 1.807) is 6.08 Å². The van der Waals surface area contributed by atoms with Gasteiger partial charge in [0.1, 0.15) is 0 Å². The summed E-state index contributed by atoms with van der Waals surface area (Å²) >= 11 is 0. The van der Waals surface area contributed by atoms with Crippen molar-refractivity contribution in [2.24, 2.45) is 0 Å². The third kappa shape index (κ3) is 61.0. The Morgan fingerprint density at radius 1 is 0.368 bits per heavy atom. The number of aliphatic hydroxyl groups excluding tert-OH is 2. The largest absolute Gasteiger partial charge is 0.466 e. The van der Waals surface area contributed by atoms with E-state index in [9.17, 15) is 19.8 Å². The van der Waals surface area contributed by atoms with E-state index in [-0.39, 0.29) is 18.5 Å². The molecule has 0 heterocycles. The number of nitrogens with one attached hydrogen (secondary N) is 1. The maximum atomic E-state index is 12.5. The van der Waals surface area contributed by atoms with Crippen LogP contribution in [-0.2, 0) is 14.3 Å². The van der Waals surface area contributed by atoms with Crippen LogP contribution in [0.2, 0.25) is 0 Å². The van der Waals surface area contributed by atoms with Crippen LogP contribution in [0.15, 0.2) is 48.6 Å². The third-order valence-electron chi connectivity index (χ3n) is 15.6. The molecule has 0 spiro atoms. The Balaban J connectivity index is 3.49. The summed E-state index contributed by atoms with van der Waals surface area (Å²) in [4.78, 5) is 24.6. The van der Waals surface area contributed by atoms with Crippen LogP contribution in [-0.4, -0.2) is 47.4 Å². The van der Waals surface area contributed by atoms with Gasteiger partial charge in [0.15, 0.2) is 0 Å². The Morgan fingerprint density at radius 2 is 0.658 bits per heavy atom. The van der Waals surface area contributed by atoms with Crippen LogP contribution in [0.4, 0.5) is 0 Å². The standard InChI is InChI=1S/C70H131NO5/c1-3-5-7-9-11-13-15-17-19-21-23-24-25-27-30-34-38-42-46-50-54-58-62-68(73)67(66-72)71-69(74)63-59-55-51-47-43-39-35-31-28-26-29-33-37-41-45-49-53-57-61-65-76-70(75)64-60-56-52-48-44-40-36-32-22-20-18-16-14-12-10-8-6-4-2/h20,22,33,37,41,45,58,62,67-68,72-73H,3-19,21,23-32,34-36,38-40,42-44,46-57,59-61,63-66H2,1-2H3,(H,71,74)/b22-20-,37-33-,45-41-,62-58+. The molecule has 2 unspecified atom stereocenters. The highest BCUT2D eigenvalue weighted by Crippen LogP contribution is 2.18. The summed E-state index contributed by atoms with van der Waals surface area (Å²) in [7, 11) is 0. The molecule has 0 rings (SSSR count). The van der Waals surface area contributed by atoms with Crippen LogP contribution in [0.1, 0.15) is 361 Å². The molecule has 76 heavy (non-hydrogen) atoms. The van der Waals surface area contributed by atoms with Gasteiger partial charge in [-0.05, 0) is 89.9 Å². The van der Waals surface area contributed by atoms with Gasteiger partial charge >= 0.3 is 5.97 Å². The van der Waals surface area contributed by atoms with Crippen molar-refractivity contribution < 1.29 is 24.5 Å². The molecule has 0 aromatic rings. The van der Waals surface area contributed by atoms with Crippen molar-refractivity contribution in [1.29, 1.82) is 0 Å². The Bertz CT molecular complexity index is 1270. The van der Waals surface area contributed by atoms with Crippen molar-refractivity contribution in [3.8, 4) is 0 Å². The first kappa shape index (κ1) is 73.8. The highest BCUT2D eigenvalue weighted by atomic mass is 16.5. The van der Waals surface area contributed by atoms with E-state index >= 15 is 0 Å². The van der Waals surface area contributed by atoms with E-state index in [1.165, 1.54) is 257 Å². The SMILES string of the molecule is CCCCCCCCC/C=C\CCCCCCCCCC(=O)OCCCCC/C=C\C=C/CCCCCCCCCCCCC(=O)NC(CO)C(O)/C=C/CCCCCCCCCCCCCCCCCCCCCC. The minimum absolute atomic E-state index is 0.0167. The molecular formula is C70H131NO5. The zero-order valence-corrected chi connectivity index (χ0v) is 51.0. The second kappa shape index (κ2) is 65.3. The number of ether oxygens (including phenoxy) is 1. The third-order valence-corrected chi connectivity index (χ3v) is 15.6. The molecule has 0 fully saturated rings. The highest BCUT2D eigenvalue weighted by Gasteiger charge is 2.18. The minimum Gasteiger partial charge on any atom is -0.466 e. The number of esters is 1. The number of amides is 1. The van der Waals surface area contributed by atoms with Crippen LogP contribution < -0.4 is 5.32 Å². The fourth-order valence-corrected chi connectivity index (χ4v) is 10.4. The highest BCUT2D eigenvalue weighted by molar-refractivity contribution is 5.76. The summed E-state index contributed by atoms with van der Waals surface area (Å²) in [5.41, 5.74) is 0. The lowest BCUT2D eigenvalue weighted by Crippen LogP contribution is -2.45. The fraction of sp³-hybridized carbons (Fsp3) is 0.857. The number of hydrogen-bond acceptors (Lipinski definition) is 5. The summed E-state index contributed by atoms with van der Waals surface area (Å²) < 4.78 is 5.47. The van der Waals surface area contributed by atoms with Gasteiger partial charge in [0, 0.05) is 12.8 Å². The molecule has 0 aliphatic heterocycles. The van der Waals surface area contributed by atoms with E-state index in [0.717, 1.165) is 77.0 Å². The number of allylic oxidation sites excluding steroid dienone is 7. The van der Waals surface area contributed by atoms with E-state index < -0.39 is 12.1 Å². The van der Waals surface area contributed by atoms with E-state index in [1.807, 2.05) is 6.08 Å². The molecule has 0 aliphatic carbocycles. The number of carbonyl (C=O) groups excluding carboxylic acids is 2. The van der Waals surface area contributed by atoms with Crippen LogP contribution in [0, 0.1) is 0 Å². The number of unbranched alkanes of at least 4 members (excludes halogenated alkanes) is 47. The van der Waals surface area contributed by atoms with Crippen molar-refractivity contribution in [2.75, 3.05) is 13.2 Å². The van der Waals surface area contributed by atoms with E-state index in [2.05, 4.69) is 55.6 Å². The predicted molar refractivity (Wildman–Crippen MR) is 333 cm³/mol. The van der Waals surface area contributed by atoms with Crippen molar-refractivity contribution in [1.82, 2.24) is 5.32 Å². The Labute approximate surface area is 474 Å². The lowest BCUT2D eigenvalue weighted by molar-refractivity contribution is -0.143. The summed E-state index contributed by atoms with van der Waals surface area (Å²) in [6.45, 7) is 4.88. The Hall–Kier alpha value is -2.18. The maximum absolute atomic E-state index is 12.5. The number of aliphatic hydroxyl groups is 2. The van der Waals surface area contributed by atoms with Crippen LogP contribution in [0.25, 0.3) is 0 Å². The van der Waals surface area contributed by atoms with Crippen molar-refractivity contribution in [2.45, 2.75) is 373 Å². The monoisotopic (exact) mass is 1070 g/mol. The number of rotatable bonds is 63.